The lowest BCUT2D eigenvalue weighted by atomic mass is 10.2. The van der Waals surface area contributed by atoms with E-state index >= 15 is 0 Å². The molecule has 0 aliphatic rings. The molecule has 0 amide bonds. The molecule has 3 aromatic rings. The fourth-order valence-corrected chi connectivity index (χ4v) is 3.39. The molecule has 1 N–H and O–H groups in total. The number of imidazole rings is 1. The summed E-state index contributed by atoms with van der Waals surface area (Å²) >= 11 is 0. The molecule has 128 valence electrons. The molecule has 0 atom stereocenters. The number of aryl methyl sites for hydroxylation is 1. The molecule has 7 nitrogen and oxygen atoms in total. The van der Waals surface area contributed by atoms with E-state index in [2.05, 4.69) is 14.7 Å². The number of anilines is 1. The van der Waals surface area contributed by atoms with Gasteiger partial charge in [-0.25, -0.2) is 18.4 Å². The molecule has 0 unspecified atom stereocenters. The van der Waals surface area contributed by atoms with Crippen molar-refractivity contribution in [3.63, 3.8) is 0 Å². The molecule has 2 aromatic heterocycles. The Hall–Kier alpha value is -3.00. The van der Waals surface area contributed by atoms with Crippen LogP contribution in [0.5, 0.6) is 0 Å². The third-order valence-electron chi connectivity index (χ3n) is 3.62. The first-order chi connectivity index (χ1) is 11.9. The standard InChI is InChI=1S/C17H16N4O3S/c1-12(22)14-4-3-5-16(10-14)25(23,24)20-15-6-7-17(19-11-15)21-9-8-18-13(21)2/h3-11,20H,1-2H3. The molecule has 0 aliphatic carbocycles. The van der Waals surface area contributed by atoms with E-state index in [4.69, 9.17) is 0 Å². The van der Waals surface area contributed by atoms with E-state index in [1.807, 2.05) is 6.92 Å². The average molecular weight is 356 g/mol. The third kappa shape index (κ3) is 3.58. The van der Waals surface area contributed by atoms with Gasteiger partial charge in [0.2, 0.25) is 0 Å². The molecule has 0 fully saturated rings. The Morgan fingerprint density at radius 3 is 2.56 bits per heavy atom. The zero-order valence-electron chi connectivity index (χ0n) is 13.7. The van der Waals surface area contributed by atoms with E-state index < -0.39 is 10.0 Å². The number of benzene rings is 1. The second-order valence-electron chi connectivity index (χ2n) is 5.44. The van der Waals surface area contributed by atoms with Crippen LogP contribution in [0.3, 0.4) is 0 Å². The number of rotatable bonds is 5. The first-order valence-electron chi connectivity index (χ1n) is 7.47. The summed E-state index contributed by atoms with van der Waals surface area (Å²) in [6.45, 7) is 3.24. The molecule has 0 spiro atoms. The fourth-order valence-electron chi connectivity index (χ4n) is 2.31. The molecule has 25 heavy (non-hydrogen) atoms. The van der Waals surface area contributed by atoms with Gasteiger partial charge in [-0.3, -0.25) is 14.1 Å². The van der Waals surface area contributed by atoms with E-state index in [-0.39, 0.29) is 10.7 Å². The smallest absolute Gasteiger partial charge is 0.261 e. The molecule has 3 rings (SSSR count). The van der Waals surface area contributed by atoms with Gasteiger partial charge in [-0.15, -0.1) is 0 Å². The molecule has 0 saturated carbocycles. The van der Waals surface area contributed by atoms with Gasteiger partial charge in [-0.1, -0.05) is 12.1 Å². The molecule has 0 bridgehead atoms. The summed E-state index contributed by atoms with van der Waals surface area (Å²) in [5, 5.41) is 0. The maximum absolute atomic E-state index is 12.5. The van der Waals surface area contributed by atoms with Crippen molar-refractivity contribution in [1.29, 1.82) is 0 Å². The van der Waals surface area contributed by atoms with Crippen LogP contribution >= 0.6 is 0 Å². The van der Waals surface area contributed by atoms with Crippen molar-refractivity contribution < 1.29 is 13.2 Å². The molecule has 0 aliphatic heterocycles. The maximum Gasteiger partial charge on any atom is 0.261 e. The lowest BCUT2D eigenvalue weighted by Crippen LogP contribution is -2.14. The van der Waals surface area contributed by atoms with Crippen LogP contribution < -0.4 is 4.72 Å². The number of hydrogen-bond acceptors (Lipinski definition) is 5. The predicted molar refractivity (Wildman–Crippen MR) is 93.4 cm³/mol. The van der Waals surface area contributed by atoms with Crippen LogP contribution in [0.25, 0.3) is 5.82 Å². The van der Waals surface area contributed by atoms with Crippen molar-refractivity contribution in [2.75, 3.05) is 4.72 Å². The van der Waals surface area contributed by atoms with Crippen LogP contribution in [0, 0.1) is 6.92 Å². The van der Waals surface area contributed by atoms with E-state index in [9.17, 15) is 13.2 Å². The van der Waals surface area contributed by atoms with Gasteiger partial charge >= 0.3 is 0 Å². The van der Waals surface area contributed by atoms with Gasteiger partial charge in [-0.2, -0.15) is 0 Å². The van der Waals surface area contributed by atoms with Crippen LogP contribution in [0.2, 0.25) is 0 Å². The lowest BCUT2D eigenvalue weighted by Gasteiger charge is -2.10. The Labute approximate surface area is 145 Å². The Morgan fingerprint density at radius 2 is 1.96 bits per heavy atom. The molecular formula is C17H16N4O3S. The summed E-state index contributed by atoms with van der Waals surface area (Å²) in [5.74, 6) is 1.22. The molecule has 1 aromatic carbocycles. The van der Waals surface area contributed by atoms with Crippen molar-refractivity contribution >= 4 is 21.5 Å². The summed E-state index contributed by atoms with van der Waals surface area (Å²) in [5.41, 5.74) is 0.668. The molecule has 0 radical (unpaired) electrons. The molecular weight excluding hydrogens is 340 g/mol. The summed E-state index contributed by atoms with van der Waals surface area (Å²) < 4.78 is 29.2. The lowest BCUT2D eigenvalue weighted by molar-refractivity contribution is 0.101. The second kappa shape index (κ2) is 6.48. The number of nitrogens with zero attached hydrogens (tertiary/aromatic N) is 3. The number of carbonyl (C=O) groups excluding carboxylic acids is 1. The Morgan fingerprint density at radius 1 is 1.16 bits per heavy atom. The minimum Gasteiger partial charge on any atom is -0.295 e. The molecule has 0 saturated heterocycles. The number of pyridine rings is 1. The summed E-state index contributed by atoms with van der Waals surface area (Å²) in [6.07, 6.45) is 4.87. The highest BCUT2D eigenvalue weighted by Gasteiger charge is 2.16. The number of nitrogens with one attached hydrogen (secondary N) is 1. The number of ketones is 1. The largest absolute Gasteiger partial charge is 0.295 e. The second-order valence-corrected chi connectivity index (χ2v) is 7.12. The fraction of sp³-hybridized carbons (Fsp3) is 0.118. The van der Waals surface area contributed by atoms with Crippen LogP contribution in [0.1, 0.15) is 23.1 Å². The zero-order valence-corrected chi connectivity index (χ0v) is 14.5. The third-order valence-corrected chi connectivity index (χ3v) is 5.00. The van der Waals surface area contributed by atoms with Gasteiger partial charge < -0.3 is 0 Å². The Bertz CT molecular complexity index is 1020. The van der Waals surface area contributed by atoms with Gasteiger partial charge in [-0.05, 0) is 38.1 Å². The highest BCUT2D eigenvalue weighted by molar-refractivity contribution is 7.92. The van der Waals surface area contributed by atoms with Crippen LogP contribution in [-0.4, -0.2) is 28.7 Å². The quantitative estimate of drug-likeness (QED) is 0.709. The Kier molecular flexibility index (Phi) is 4.37. The topological polar surface area (TPSA) is 94.0 Å². The van der Waals surface area contributed by atoms with Crippen molar-refractivity contribution in [3.05, 3.63) is 66.4 Å². The van der Waals surface area contributed by atoms with E-state index in [0.717, 1.165) is 5.82 Å². The van der Waals surface area contributed by atoms with E-state index in [1.54, 1.807) is 35.2 Å². The molecule has 2 heterocycles. The highest BCUT2D eigenvalue weighted by Crippen LogP contribution is 2.18. The van der Waals surface area contributed by atoms with Crippen LogP contribution in [-0.2, 0) is 10.0 Å². The Balaban J connectivity index is 1.85. The van der Waals surface area contributed by atoms with Gasteiger partial charge in [0.25, 0.3) is 10.0 Å². The minimum absolute atomic E-state index is 0.0229. The summed E-state index contributed by atoms with van der Waals surface area (Å²) in [6, 6.07) is 9.21. The number of Topliss-reactive ketones (excluding diaryl/α,β-unsaturated/α-hetero) is 1. The van der Waals surface area contributed by atoms with Gasteiger partial charge in [0.05, 0.1) is 16.8 Å². The molecule has 8 heteroatoms. The highest BCUT2D eigenvalue weighted by atomic mass is 32.2. The predicted octanol–water partition coefficient (Wildman–Crippen LogP) is 2.58. The number of sulfonamides is 1. The number of carbonyl (C=O) groups is 1. The van der Waals surface area contributed by atoms with E-state index in [1.165, 1.54) is 31.3 Å². The van der Waals surface area contributed by atoms with Gasteiger partial charge in [0.15, 0.2) is 5.78 Å². The zero-order chi connectivity index (χ0) is 18.0. The van der Waals surface area contributed by atoms with E-state index in [0.29, 0.717) is 17.1 Å². The van der Waals surface area contributed by atoms with Crippen molar-refractivity contribution in [1.82, 2.24) is 14.5 Å². The first-order valence-corrected chi connectivity index (χ1v) is 8.95. The van der Waals surface area contributed by atoms with Gasteiger partial charge in [0.1, 0.15) is 11.6 Å². The monoisotopic (exact) mass is 356 g/mol. The number of aromatic nitrogens is 3. The van der Waals surface area contributed by atoms with Crippen LogP contribution in [0.15, 0.2) is 59.9 Å². The number of hydrogen-bond donors (Lipinski definition) is 1. The van der Waals surface area contributed by atoms with Crippen LogP contribution in [0.4, 0.5) is 5.69 Å². The maximum atomic E-state index is 12.5. The van der Waals surface area contributed by atoms with Gasteiger partial charge in [0, 0.05) is 18.0 Å². The normalized spacial score (nSPS) is 11.3. The first kappa shape index (κ1) is 16.8. The van der Waals surface area contributed by atoms with Crippen molar-refractivity contribution in [2.45, 2.75) is 18.7 Å². The van der Waals surface area contributed by atoms with Crippen molar-refractivity contribution in [3.8, 4) is 5.82 Å². The minimum atomic E-state index is -3.81. The summed E-state index contributed by atoms with van der Waals surface area (Å²) in [7, 11) is -3.81. The summed E-state index contributed by atoms with van der Waals surface area (Å²) in [4.78, 5) is 19.8. The van der Waals surface area contributed by atoms with Crippen molar-refractivity contribution in [2.24, 2.45) is 0 Å². The SMILES string of the molecule is CC(=O)c1cccc(S(=O)(=O)Nc2ccc(-n3ccnc3C)nc2)c1. The average Bonchev–Trinajstić information content (AvgIpc) is 3.01.